The molecule has 4 aliphatic carbocycles. The molecule has 6 rings (SSSR count). The summed E-state index contributed by atoms with van der Waals surface area (Å²) < 4.78 is 6.49. The first-order chi connectivity index (χ1) is 16.2. The average Bonchev–Trinajstić information content (AvgIpc) is 3.15. The lowest BCUT2D eigenvalue weighted by Crippen LogP contribution is -2.54. The van der Waals surface area contributed by atoms with Crippen LogP contribution in [0.15, 0.2) is 42.5 Å². The summed E-state index contributed by atoms with van der Waals surface area (Å²) in [6.07, 6.45) is 13.1. The molecular weight excluding hydrogens is 412 g/mol. The van der Waals surface area contributed by atoms with Crippen molar-refractivity contribution < 1.29 is 4.74 Å². The fourth-order valence-corrected chi connectivity index (χ4v) is 9.80. The maximum atomic E-state index is 6.49. The molecule has 4 aliphatic rings. The lowest BCUT2D eigenvalue weighted by Gasteiger charge is -2.61. The third kappa shape index (κ3) is 3.68. The molecule has 0 saturated heterocycles. The molecule has 0 heterocycles. The predicted octanol–water partition coefficient (Wildman–Crippen LogP) is 9.15. The molecule has 34 heavy (non-hydrogen) atoms. The summed E-state index contributed by atoms with van der Waals surface area (Å²) >= 11 is 0. The van der Waals surface area contributed by atoms with E-state index in [-0.39, 0.29) is 5.60 Å². The average molecular weight is 459 g/mol. The van der Waals surface area contributed by atoms with E-state index in [2.05, 4.69) is 77.1 Å². The highest BCUT2D eigenvalue weighted by Crippen LogP contribution is 2.69. The Hall–Kier alpha value is -1.34. The Morgan fingerprint density at radius 1 is 0.765 bits per heavy atom. The van der Waals surface area contributed by atoms with E-state index >= 15 is 0 Å². The van der Waals surface area contributed by atoms with Crippen LogP contribution in [0.4, 0.5) is 0 Å². The van der Waals surface area contributed by atoms with Crippen LogP contribution < -0.4 is 0 Å². The van der Waals surface area contributed by atoms with Crippen LogP contribution in [-0.4, -0.2) is 11.7 Å². The van der Waals surface area contributed by atoms with Crippen molar-refractivity contribution in [1.29, 1.82) is 0 Å². The van der Waals surface area contributed by atoms with Crippen molar-refractivity contribution in [2.45, 2.75) is 110 Å². The van der Waals surface area contributed by atoms with Gasteiger partial charge in [0.25, 0.3) is 0 Å². The van der Waals surface area contributed by atoms with Crippen molar-refractivity contribution in [2.75, 3.05) is 0 Å². The number of rotatable bonds is 2. The maximum Gasteiger partial charge on any atom is 0.0602 e. The van der Waals surface area contributed by atoms with Gasteiger partial charge in [0.1, 0.15) is 0 Å². The molecule has 1 nitrogen and oxygen atoms in total. The van der Waals surface area contributed by atoms with Gasteiger partial charge in [0.15, 0.2) is 0 Å². The van der Waals surface area contributed by atoms with E-state index in [4.69, 9.17) is 4.74 Å². The fourth-order valence-electron chi connectivity index (χ4n) is 9.80. The third-order valence-corrected chi connectivity index (χ3v) is 11.3. The van der Waals surface area contributed by atoms with Gasteiger partial charge in [-0.2, -0.15) is 0 Å². The van der Waals surface area contributed by atoms with E-state index in [1.54, 1.807) is 5.56 Å². The van der Waals surface area contributed by atoms with Gasteiger partial charge in [0.05, 0.1) is 11.7 Å². The standard InChI is InChI=1S/C33H46O/c1-31(2,3)34-26-16-18-32(4)25(21-26)12-13-27-29-15-14-28(33(29,5)19-17-30(27)32)24-11-10-22-8-6-7-9-23(22)20-24/h6-11,20,25-30H,12-19,21H2,1-5H3/t25-,26+,27-,28+,29-,30-,32-,33+/m0/s1. The van der Waals surface area contributed by atoms with Crippen molar-refractivity contribution in [2.24, 2.45) is 34.5 Å². The van der Waals surface area contributed by atoms with Gasteiger partial charge in [-0.3, -0.25) is 0 Å². The Morgan fingerprint density at radius 3 is 2.29 bits per heavy atom. The number of fused-ring (bicyclic) bond motifs is 6. The highest BCUT2D eigenvalue weighted by Gasteiger charge is 2.60. The molecule has 8 atom stereocenters. The summed E-state index contributed by atoms with van der Waals surface area (Å²) in [4.78, 5) is 0. The van der Waals surface area contributed by atoms with Crippen molar-refractivity contribution in [3.63, 3.8) is 0 Å². The van der Waals surface area contributed by atoms with Crippen molar-refractivity contribution >= 4 is 10.8 Å². The third-order valence-electron chi connectivity index (χ3n) is 11.3. The fraction of sp³-hybridized carbons (Fsp3) is 0.697. The van der Waals surface area contributed by atoms with Crippen LogP contribution in [-0.2, 0) is 4.74 Å². The van der Waals surface area contributed by atoms with E-state index in [9.17, 15) is 0 Å². The molecule has 2 aromatic carbocycles. The highest BCUT2D eigenvalue weighted by molar-refractivity contribution is 5.83. The first-order valence-electron chi connectivity index (χ1n) is 14.3. The summed E-state index contributed by atoms with van der Waals surface area (Å²) in [6, 6.07) is 16.3. The van der Waals surface area contributed by atoms with E-state index in [0.717, 1.165) is 29.6 Å². The van der Waals surface area contributed by atoms with E-state index < -0.39 is 0 Å². The Bertz CT molecular complexity index is 1050. The van der Waals surface area contributed by atoms with Gasteiger partial charge in [-0.1, -0.05) is 56.3 Å². The van der Waals surface area contributed by atoms with Crippen LogP contribution in [0.3, 0.4) is 0 Å². The number of hydrogen-bond donors (Lipinski definition) is 0. The van der Waals surface area contributed by atoms with Crippen LogP contribution in [0.25, 0.3) is 10.8 Å². The minimum Gasteiger partial charge on any atom is -0.373 e. The van der Waals surface area contributed by atoms with Gasteiger partial charge < -0.3 is 4.74 Å². The van der Waals surface area contributed by atoms with Gasteiger partial charge in [-0.05, 0) is 135 Å². The molecular formula is C33H46O. The van der Waals surface area contributed by atoms with Crippen molar-refractivity contribution in [3.8, 4) is 0 Å². The summed E-state index contributed by atoms with van der Waals surface area (Å²) in [5.74, 6) is 4.42. The van der Waals surface area contributed by atoms with Crippen LogP contribution >= 0.6 is 0 Å². The molecule has 0 N–H and O–H groups in total. The van der Waals surface area contributed by atoms with E-state index in [1.165, 1.54) is 68.6 Å². The van der Waals surface area contributed by atoms with Crippen LogP contribution in [0.5, 0.6) is 0 Å². The van der Waals surface area contributed by atoms with Crippen LogP contribution in [0, 0.1) is 34.5 Å². The lowest BCUT2D eigenvalue weighted by molar-refractivity contribution is -0.152. The molecule has 0 unspecified atom stereocenters. The van der Waals surface area contributed by atoms with Crippen LogP contribution in [0.2, 0.25) is 0 Å². The van der Waals surface area contributed by atoms with Gasteiger partial charge in [0.2, 0.25) is 0 Å². The maximum absolute atomic E-state index is 6.49. The topological polar surface area (TPSA) is 9.23 Å². The molecule has 0 radical (unpaired) electrons. The summed E-state index contributed by atoms with van der Waals surface area (Å²) in [7, 11) is 0. The molecule has 0 bridgehead atoms. The van der Waals surface area contributed by atoms with Gasteiger partial charge >= 0.3 is 0 Å². The molecule has 1 heteroatoms. The number of benzene rings is 2. The zero-order chi connectivity index (χ0) is 23.7. The summed E-state index contributed by atoms with van der Waals surface area (Å²) in [6.45, 7) is 12.1. The zero-order valence-corrected chi connectivity index (χ0v) is 22.3. The molecule has 4 saturated carbocycles. The van der Waals surface area contributed by atoms with E-state index in [0.29, 0.717) is 16.9 Å². The molecule has 2 aromatic rings. The molecule has 4 fully saturated rings. The second kappa shape index (κ2) is 8.09. The summed E-state index contributed by atoms with van der Waals surface area (Å²) in [5.41, 5.74) is 2.63. The molecule has 0 aromatic heterocycles. The minimum atomic E-state index is -0.0100. The predicted molar refractivity (Wildman–Crippen MR) is 143 cm³/mol. The SMILES string of the molecule is CC(C)(C)O[C@@H]1CC[C@@]2(C)[C@@H](CC[C@@H]3[C@@H]2CC[C@]2(C)[C@@H](c4ccc5ccccc5c4)CC[C@@H]32)C1. The molecule has 184 valence electrons. The second-order valence-electron chi connectivity index (χ2n) is 14.1. The largest absolute Gasteiger partial charge is 0.373 e. The van der Waals surface area contributed by atoms with Crippen LogP contribution in [0.1, 0.15) is 104 Å². The Labute approximate surface area is 208 Å². The smallest absolute Gasteiger partial charge is 0.0602 e. The van der Waals surface area contributed by atoms with Gasteiger partial charge in [-0.25, -0.2) is 0 Å². The summed E-state index contributed by atoms with van der Waals surface area (Å²) in [5, 5.41) is 2.80. The van der Waals surface area contributed by atoms with Crippen molar-refractivity contribution in [1.82, 2.24) is 0 Å². The normalized spacial score (nSPS) is 42.1. The quantitative estimate of drug-likeness (QED) is 0.436. The zero-order valence-electron chi connectivity index (χ0n) is 22.3. The Morgan fingerprint density at radius 2 is 1.50 bits per heavy atom. The lowest BCUT2D eigenvalue weighted by atomic mass is 9.44. The number of hydrogen-bond acceptors (Lipinski definition) is 1. The van der Waals surface area contributed by atoms with E-state index in [1.807, 2.05) is 0 Å². The monoisotopic (exact) mass is 458 g/mol. The highest BCUT2D eigenvalue weighted by atomic mass is 16.5. The first kappa shape index (κ1) is 23.1. The first-order valence-corrected chi connectivity index (χ1v) is 14.3. The molecule has 0 aliphatic heterocycles. The number of ether oxygens (including phenoxy) is 1. The minimum absolute atomic E-state index is 0.0100. The van der Waals surface area contributed by atoms with Crippen molar-refractivity contribution in [3.05, 3.63) is 48.0 Å². The van der Waals surface area contributed by atoms with Gasteiger partial charge in [-0.15, -0.1) is 0 Å². The second-order valence-corrected chi connectivity index (χ2v) is 14.1. The van der Waals surface area contributed by atoms with Gasteiger partial charge in [0, 0.05) is 0 Å². The molecule has 0 amide bonds. The Kier molecular flexibility index (Phi) is 5.49. The molecule has 0 spiro atoms. The Balaban J connectivity index is 1.23.